The number of amides is 2. The molecule has 152 valence electrons. The summed E-state index contributed by atoms with van der Waals surface area (Å²) in [4.78, 5) is 36.1. The Labute approximate surface area is 172 Å². The third-order valence-corrected chi connectivity index (χ3v) is 5.81. The molecule has 4 rings (SSSR count). The second kappa shape index (κ2) is 9.07. The number of hydrogen-bond donors (Lipinski definition) is 0. The van der Waals surface area contributed by atoms with Gasteiger partial charge in [-0.05, 0) is 31.0 Å². The quantitative estimate of drug-likeness (QED) is 0.806. The number of carbonyl (C=O) groups excluding carboxylic acids is 2. The van der Waals surface area contributed by atoms with Crippen LogP contribution in [0.25, 0.3) is 0 Å². The highest BCUT2D eigenvalue weighted by atomic mass is 16.2. The highest BCUT2D eigenvalue weighted by Crippen LogP contribution is 2.18. The van der Waals surface area contributed by atoms with Gasteiger partial charge in [-0.25, -0.2) is 0 Å². The Morgan fingerprint density at radius 1 is 0.690 bits per heavy atom. The van der Waals surface area contributed by atoms with Gasteiger partial charge in [0.2, 0.25) is 0 Å². The average molecular weight is 393 g/mol. The Kier molecular flexibility index (Phi) is 6.08. The fourth-order valence-corrected chi connectivity index (χ4v) is 4.12. The van der Waals surface area contributed by atoms with E-state index in [0.29, 0.717) is 24.2 Å². The van der Waals surface area contributed by atoms with E-state index in [1.807, 2.05) is 28.0 Å². The maximum absolute atomic E-state index is 13.0. The van der Waals surface area contributed by atoms with Crippen molar-refractivity contribution in [3.05, 3.63) is 59.9 Å². The van der Waals surface area contributed by atoms with Crippen LogP contribution in [0.2, 0.25) is 0 Å². The first-order valence-electron chi connectivity index (χ1n) is 10.6. The molecule has 6 heteroatoms. The average Bonchev–Trinajstić information content (AvgIpc) is 3.08. The van der Waals surface area contributed by atoms with Crippen molar-refractivity contribution in [2.45, 2.75) is 25.7 Å². The summed E-state index contributed by atoms with van der Waals surface area (Å²) in [6.45, 7) is 4.51. The molecular weight excluding hydrogens is 364 g/mol. The van der Waals surface area contributed by atoms with Crippen LogP contribution in [-0.2, 0) is 0 Å². The number of likely N-dealkylation sites (tertiary alicyclic amines) is 1. The highest BCUT2D eigenvalue weighted by Gasteiger charge is 2.24. The van der Waals surface area contributed by atoms with Crippen molar-refractivity contribution in [2.75, 3.05) is 44.2 Å². The number of hydrogen-bond acceptors (Lipinski definition) is 4. The van der Waals surface area contributed by atoms with E-state index in [0.717, 1.165) is 39.0 Å². The summed E-state index contributed by atoms with van der Waals surface area (Å²) >= 11 is 0. The van der Waals surface area contributed by atoms with Gasteiger partial charge in [0.25, 0.3) is 11.8 Å². The van der Waals surface area contributed by atoms with Crippen LogP contribution < -0.4 is 4.90 Å². The van der Waals surface area contributed by atoms with Crippen LogP contribution in [0.3, 0.4) is 0 Å². The van der Waals surface area contributed by atoms with Gasteiger partial charge in [-0.2, -0.15) is 0 Å². The van der Waals surface area contributed by atoms with Crippen molar-refractivity contribution >= 4 is 17.5 Å². The number of aromatic nitrogens is 1. The fraction of sp³-hybridized carbons (Fsp3) is 0.435. The van der Waals surface area contributed by atoms with Gasteiger partial charge >= 0.3 is 0 Å². The molecule has 0 unspecified atom stereocenters. The maximum Gasteiger partial charge on any atom is 0.255 e. The van der Waals surface area contributed by atoms with Gasteiger partial charge in [0.05, 0.1) is 11.1 Å². The molecule has 0 N–H and O–H groups in total. The zero-order valence-electron chi connectivity index (χ0n) is 16.8. The molecule has 6 nitrogen and oxygen atoms in total. The Bertz CT molecular complexity index is 839. The van der Waals surface area contributed by atoms with Crippen molar-refractivity contribution in [2.24, 2.45) is 0 Å². The lowest BCUT2D eigenvalue weighted by Gasteiger charge is -2.36. The predicted molar refractivity (Wildman–Crippen MR) is 113 cm³/mol. The van der Waals surface area contributed by atoms with Crippen molar-refractivity contribution in [1.29, 1.82) is 0 Å². The molecule has 2 saturated heterocycles. The van der Waals surface area contributed by atoms with Crippen LogP contribution in [0.15, 0.2) is 48.8 Å². The summed E-state index contributed by atoms with van der Waals surface area (Å²) in [5.74, 6) is -0.0568. The summed E-state index contributed by atoms with van der Waals surface area (Å²) in [5, 5.41) is 0. The molecular formula is C23H28N4O2. The van der Waals surface area contributed by atoms with Gasteiger partial charge < -0.3 is 14.7 Å². The smallest absolute Gasteiger partial charge is 0.255 e. The van der Waals surface area contributed by atoms with Gasteiger partial charge in [-0.1, -0.05) is 31.0 Å². The number of rotatable bonds is 3. The number of piperazine rings is 1. The number of para-hydroxylation sites is 1. The second-order valence-corrected chi connectivity index (χ2v) is 7.78. The Balaban J connectivity index is 1.40. The summed E-state index contributed by atoms with van der Waals surface area (Å²) in [7, 11) is 0. The predicted octanol–water partition coefficient (Wildman–Crippen LogP) is 3.06. The van der Waals surface area contributed by atoms with E-state index in [9.17, 15) is 9.59 Å². The van der Waals surface area contributed by atoms with Gasteiger partial charge in [0.1, 0.15) is 0 Å². The monoisotopic (exact) mass is 392 g/mol. The molecule has 1 aromatic heterocycles. The zero-order valence-corrected chi connectivity index (χ0v) is 16.8. The molecule has 2 aromatic rings. The fourth-order valence-electron chi connectivity index (χ4n) is 4.12. The topological polar surface area (TPSA) is 56.8 Å². The molecule has 29 heavy (non-hydrogen) atoms. The maximum atomic E-state index is 13.0. The minimum atomic E-state index is -0.0456. The first kappa shape index (κ1) is 19.4. The molecule has 2 fully saturated rings. The standard InChI is InChI=1S/C23H28N4O2/c28-22(26-10-6-1-2-7-11-26)19-16-20(18-24-17-19)23(29)27-14-12-25(13-15-27)21-8-4-3-5-9-21/h3-5,8-9,16-18H,1-2,6-7,10-15H2. The van der Waals surface area contributed by atoms with E-state index in [4.69, 9.17) is 0 Å². The van der Waals surface area contributed by atoms with Crippen molar-refractivity contribution in [3.63, 3.8) is 0 Å². The molecule has 0 spiro atoms. The first-order chi connectivity index (χ1) is 14.2. The summed E-state index contributed by atoms with van der Waals surface area (Å²) in [6, 6.07) is 12.0. The number of anilines is 1. The van der Waals surface area contributed by atoms with Crippen LogP contribution in [0.5, 0.6) is 0 Å². The summed E-state index contributed by atoms with van der Waals surface area (Å²) < 4.78 is 0. The SMILES string of the molecule is O=C(c1cncc(C(=O)N2CCN(c3ccccc3)CC2)c1)N1CCCCCC1. The first-order valence-corrected chi connectivity index (χ1v) is 10.6. The normalized spacial score (nSPS) is 17.7. The van der Waals surface area contributed by atoms with Crippen LogP contribution in [0.4, 0.5) is 5.69 Å². The van der Waals surface area contributed by atoms with Gasteiger partial charge in [0.15, 0.2) is 0 Å². The van der Waals surface area contributed by atoms with Crippen molar-refractivity contribution in [3.8, 4) is 0 Å². The molecule has 0 saturated carbocycles. The van der Waals surface area contributed by atoms with Crippen LogP contribution >= 0.6 is 0 Å². The molecule has 2 aliphatic rings. The molecule has 1 aromatic carbocycles. The molecule has 2 aliphatic heterocycles. The van der Waals surface area contributed by atoms with E-state index in [1.54, 1.807) is 18.5 Å². The van der Waals surface area contributed by atoms with Crippen molar-refractivity contribution < 1.29 is 9.59 Å². The van der Waals surface area contributed by atoms with E-state index in [1.165, 1.54) is 18.5 Å². The minimum Gasteiger partial charge on any atom is -0.368 e. The Morgan fingerprint density at radius 3 is 1.83 bits per heavy atom. The van der Waals surface area contributed by atoms with Gasteiger partial charge in [-0.3, -0.25) is 14.6 Å². The van der Waals surface area contributed by atoms with E-state index in [-0.39, 0.29) is 11.8 Å². The highest BCUT2D eigenvalue weighted by molar-refractivity contribution is 5.99. The van der Waals surface area contributed by atoms with Gasteiger partial charge in [0, 0.05) is 57.3 Å². The minimum absolute atomic E-state index is 0.0112. The largest absolute Gasteiger partial charge is 0.368 e. The Morgan fingerprint density at radius 2 is 1.24 bits per heavy atom. The van der Waals surface area contributed by atoms with E-state index < -0.39 is 0 Å². The van der Waals surface area contributed by atoms with Crippen LogP contribution in [0.1, 0.15) is 46.4 Å². The van der Waals surface area contributed by atoms with Crippen molar-refractivity contribution in [1.82, 2.24) is 14.8 Å². The molecule has 0 atom stereocenters. The molecule has 2 amide bonds. The van der Waals surface area contributed by atoms with Crippen LogP contribution in [-0.4, -0.2) is 65.9 Å². The summed E-state index contributed by atoms with van der Waals surface area (Å²) in [5.41, 5.74) is 2.20. The third-order valence-electron chi connectivity index (χ3n) is 5.81. The van der Waals surface area contributed by atoms with E-state index in [2.05, 4.69) is 22.0 Å². The number of pyridine rings is 1. The lowest BCUT2D eigenvalue weighted by molar-refractivity contribution is 0.0746. The molecule has 0 aliphatic carbocycles. The number of carbonyl (C=O) groups is 2. The lowest BCUT2D eigenvalue weighted by Crippen LogP contribution is -2.48. The van der Waals surface area contributed by atoms with E-state index >= 15 is 0 Å². The van der Waals surface area contributed by atoms with Gasteiger partial charge in [-0.15, -0.1) is 0 Å². The Hall–Kier alpha value is -2.89. The number of benzene rings is 1. The zero-order chi connectivity index (χ0) is 20.1. The lowest BCUT2D eigenvalue weighted by atomic mass is 10.1. The number of nitrogens with zero attached hydrogens (tertiary/aromatic N) is 4. The van der Waals surface area contributed by atoms with Crippen LogP contribution in [0, 0.1) is 0 Å². The molecule has 0 radical (unpaired) electrons. The molecule has 0 bridgehead atoms. The third kappa shape index (κ3) is 4.58. The molecule has 3 heterocycles. The second-order valence-electron chi connectivity index (χ2n) is 7.78. The summed E-state index contributed by atoms with van der Waals surface area (Å²) in [6.07, 6.45) is 7.60.